The van der Waals surface area contributed by atoms with E-state index in [1.54, 1.807) is 24.5 Å². The number of fused-ring (bicyclic) bond motifs is 3. The van der Waals surface area contributed by atoms with Gasteiger partial charge in [-0.2, -0.15) is 0 Å². The number of benzene rings is 2. The minimum atomic E-state index is -3.19. The van der Waals surface area contributed by atoms with E-state index in [1.807, 2.05) is 30.0 Å². The molecular formula is C20H22N4O3S. The highest BCUT2D eigenvalue weighted by Crippen LogP contribution is 2.35. The van der Waals surface area contributed by atoms with Crippen molar-refractivity contribution in [2.45, 2.75) is 19.1 Å². The number of hydrogen-bond acceptors (Lipinski definition) is 7. The number of hydrogen-bond donors (Lipinski definition) is 1. The van der Waals surface area contributed by atoms with E-state index < -0.39 is 9.84 Å². The van der Waals surface area contributed by atoms with Crippen LogP contribution in [-0.4, -0.2) is 44.3 Å². The maximum Gasteiger partial charge on any atom is 0.154 e. The zero-order chi connectivity index (χ0) is 19.7. The molecule has 2 N–H and O–H groups in total. The quantitative estimate of drug-likeness (QED) is 0.754. The van der Waals surface area contributed by atoms with Crippen molar-refractivity contribution >= 4 is 33.4 Å². The predicted molar refractivity (Wildman–Crippen MR) is 111 cm³/mol. The maximum atomic E-state index is 12.2. The minimum Gasteiger partial charge on any atom is -0.455 e. The summed E-state index contributed by atoms with van der Waals surface area (Å²) in [7, 11) is -3.19. The fourth-order valence-corrected chi connectivity index (χ4v) is 4.86. The molecule has 8 heteroatoms. The summed E-state index contributed by atoms with van der Waals surface area (Å²) in [4.78, 5) is 11.0. The molecule has 0 fully saturated rings. The molecule has 0 radical (unpaired) electrons. The molecule has 2 aromatic carbocycles. The van der Waals surface area contributed by atoms with Crippen LogP contribution in [0.25, 0.3) is 0 Å². The summed E-state index contributed by atoms with van der Waals surface area (Å²) < 4.78 is 30.3. The van der Waals surface area contributed by atoms with Crippen molar-refractivity contribution < 1.29 is 13.2 Å². The summed E-state index contributed by atoms with van der Waals surface area (Å²) in [5.41, 5.74) is 8.87. The van der Waals surface area contributed by atoms with Crippen molar-refractivity contribution in [3.05, 3.63) is 47.5 Å². The third-order valence-corrected chi connectivity index (χ3v) is 6.48. The van der Waals surface area contributed by atoms with Crippen LogP contribution in [-0.2, 0) is 15.6 Å². The second kappa shape index (κ2) is 7.27. The van der Waals surface area contributed by atoms with Gasteiger partial charge < -0.3 is 15.4 Å². The lowest BCUT2D eigenvalue weighted by Crippen LogP contribution is -2.29. The van der Waals surface area contributed by atoms with Crippen LogP contribution in [0.5, 0.6) is 11.5 Å². The summed E-state index contributed by atoms with van der Waals surface area (Å²) in [6.45, 7) is 3.41. The molecule has 0 spiro atoms. The normalized spacial score (nSPS) is 15.2. The standard InChI is InChI=1S/C20H22N4O3S/c1-2-10-28(25,26)12-14-4-3-5-18(19(14)21)27-15-6-7-17-16(11-15)20-22-8-9-24(20)13-23-17/h3-7,11,13H,2,8-10,12,21H2,1H3. The number of nitrogens with two attached hydrogens (primary N) is 1. The summed E-state index contributed by atoms with van der Waals surface area (Å²) in [5, 5.41) is 0. The summed E-state index contributed by atoms with van der Waals surface area (Å²) in [5.74, 6) is 1.98. The SMILES string of the molecule is CCCS(=O)(=O)Cc1cccc(Oc2ccc3c(c2)C2=NCCN2C=N3)c1N. The monoisotopic (exact) mass is 398 g/mol. The maximum absolute atomic E-state index is 12.2. The molecule has 0 amide bonds. The molecule has 146 valence electrons. The van der Waals surface area contributed by atoms with Gasteiger partial charge in [0.2, 0.25) is 0 Å². The summed E-state index contributed by atoms with van der Waals surface area (Å²) in [6.07, 6.45) is 2.38. The van der Waals surface area contributed by atoms with Gasteiger partial charge in [0.05, 0.1) is 35.8 Å². The van der Waals surface area contributed by atoms with Gasteiger partial charge in [-0.15, -0.1) is 0 Å². The second-order valence-corrected chi connectivity index (χ2v) is 9.03. The molecule has 0 atom stereocenters. The minimum absolute atomic E-state index is 0.0887. The Kier molecular flexibility index (Phi) is 4.80. The average Bonchev–Trinajstić information content (AvgIpc) is 3.14. The van der Waals surface area contributed by atoms with Gasteiger partial charge in [0.25, 0.3) is 0 Å². The van der Waals surface area contributed by atoms with E-state index in [-0.39, 0.29) is 11.5 Å². The number of nitrogen functional groups attached to an aromatic ring is 1. The number of anilines is 1. The van der Waals surface area contributed by atoms with Gasteiger partial charge in [-0.25, -0.2) is 13.4 Å². The van der Waals surface area contributed by atoms with Crippen LogP contribution >= 0.6 is 0 Å². The lowest BCUT2D eigenvalue weighted by molar-refractivity contribution is 0.484. The molecule has 0 aromatic heterocycles. The first-order valence-electron chi connectivity index (χ1n) is 9.22. The summed E-state index contributed by atoms with van der Waals surface area (Å²) >= 11 is 0. The largest absolute Gasteiger partial charge is 0.455 e. The lowest BCUT2D eigenvalue weighted by atomic mass is 10.1. The van der Waals surface area contributed by atoms with Gasteiger partial charge in [0.1, 0.15) is 11.6 Å². The van der Waals surface area contributed by atoms with Crippen LogP contribution in [0.1, 0.15) is 24.5 Å². The van der Waals surface area contributed by atoms with E-state index in [0.717, 1.165) is 30.2 Å². The molecule has 0 saturated heterocycles. The Balaban J connectivity index is 1.61. The highest BCUT2D eigenvalue weighted by Gasteiger charge is 2.24. The zero-order valence-corrected chi connectivity index (χ0v) is 16.4. The van der Waals surface area contributed by atoms with E-state index in [4.69, 9.17) is 10.5 Å². The van der Waals surface area contributed by atoms with Gasteiger partial charge in [-0.05, 0) is 36.2 Å². The van der Waals surface area contributed by atoms with Gasteiger partial charge in [-0.1, -0.05) is 19.1 Å². The molecule has 7 nitrogen and oxygen atoms in total. The highest BCUT2D eigenvalue weighted by atomic mass is 32.2. The molecule has 2 aliphatic heterocycles. The molecule has 0 bridgehead atoms. The van der Waals surface area contributed by atoms with E-state index in [2.05, 4.69) is 9.98 Å². The Morgan fingerprint density at radius 3 is 2.93 bits per heavy atom. The first kappa shape index (κ1) is 18.5. The van der Waals surface area contributed by atoms with Crippen molar-refractivity contribution in [3.63, 3.8) is 0 Å². The van der Waals surface area contributed by atoms with E-state index >= 15 is 0 Å². The fourth-order valence-electron chi connectivity index (χ4n) is 3.37. The third-order valence-electron chi connectivity index (χ3n) is 4.69. The number of aliphatic imine (C=N–C) groups is 2. The molecule has 28 heavy (non-hydrogen) atoms. The lowest BCUT2D eigenvalue weighted by Gasteiger charge is -2.21. The van der Waals surface area contributed by atoms with Gasteiger partial charge >= 0.3 is 0 Å². The van der Waals surface area contributed by atoms with E-state index in [1.165, 1.54) is 0 Å². The zero-order valence-electron chi connectivity index (χ0n) is 15.6. The molecule has 0 aliphatic carbocycles. The number of amidine groups is 1. The number of para-hydroxylation sites is 1. The van der Waals surface area contributed by atoms with Gasteiger partial charge in [0, 0.05) is 12.1 Å². The van der Waals surface area contributed by atoms with Crippen molar-refractivity contribution in [2.24, 2.45) is 9.98 Å². The van der Waals surface area contributed by atoms with Crippen molar-refractivity contribution in [2.75, 3.05) is 24.6 Å². The van der Waals surface area contributed by atoms with Crippen LogP contribution in [0.2, 0.25) is 0 Å². The average molecular weight is 398 g/mol. The molecular weight excluding hydrogens is 376 g/mol. The molecule has 0 unspecified atom stereocenters. The van der Waals surface area contributed by atoms with Crippen molar-refractivity contribution in [1.29, 1.82) is 0 Å². The molecule has 2 aliphatic rings. The second-order valence-electron chi connectivity index (χ2n) is 6.85. The first-order valence-corrected chi connectivity index (χ1v) is 11.0. The van der Waals surface area contributed by atoms with Gasteiger partial charge in [-0.3, -0.25) is 4.99 Å². The number of sulfone groups is 1. The van der Waals surface area contributed by atoms with Crippen LogP contribution in [0, 0.1) is 0 Å². The Morgan fingerprint density at radius 1 is 1.25 bits per heavy atom. The van der Waals surface area contributed by atoms with Crippen molar-refractivity contribution in [1.82, 2.24) is 4.90 Å². The molecule has 2 heterocycles. The van der Waals surface area contributed by atoms with E-state index in [9.17, 15) is 8.42 Å². The molecule has 2 aromatic rings. The predicted octanol–water partition coefficient (Wildman–Crippen LogP) is 3.12. The fraction of sp³-hybridized carbons (Fsp3) is 0.300. The highest BCUT2D eigenvalue weighted by molar-refractivity contribution is 7.90. The third kappa shape index (κ3) is 3.60. The molecule has 4 rings (SSSR count). The topological polar surface area (TPSA) is 97.4 Å². The number of ether oxygens (including phenoxy) is 1. The Morgan fingerprint density at radius 2 is 2.11 bits per heavy atom. The number of rotatable bonds is 6. The number of nitrogens with zero attached hydrogens (tertiary/aromatic N) is 3. The summed E-state index contributed by atoms with van der Waals surface area (Å²) in [6, 6.07) is 10.8. The van der Waals surface area contributed by atoms with Crippen LogP contribution in [0.15, 0.2) is 46.4 Å². The van der Waals surface area contributed by atoms with Gasteiger partial charge in [0.15, 0.2) is 15.6 Å². The van der Waals surface area contributed by atoms with Crippen LogP contribution in [0.3, 0.4) is 0 Å². The first-order chi connectivity index (χ1) is 13.5. The molecule has 0 saturated carbocycles. The Hall–Kier alpha value is -2.87. The van der Waals surface area contributed by atoms with E-state index in [0.29, 0.717) is 29.2 Å². The Labute approximate surface area is 164 Å². The Bertz CT molecular complexity index is 1080. The van der Waals surface area contributed by atoms with Crippen LogP contribution < -0.4 is 10.5 Å². The smallest absolute Gasteiger partial charge is 0.154 e. The van der Waals surface area contributed by atoms with Crippen LogP contribution in [0.4, 0.5) is 11.4 Å². The van der Waals surface area contributed by atoms with Crippen molar-refractivity contribution in [3.8, 4) is 11.5 Å².